The van der Waals surface area contributed by atoms with Crippen molar-refractivity contribution in [3.05, 3.63) is 60.2 Å². The molecule has 10 heteroatoms. The predicted molar refractivity (Wildman–Crippen MR) is 128 cm³/mol. The van der Waals surface area contributed by atoms with Gasteiger partial charge in [-0.3, -0.25) is 9.59 Å². The maximum Gasteiger partial charge on any atom is 0.304 e. The van der Waals surface area contributed by atoms with Crippen molar-refractivity contribution >= 4 is 27.7 Å². The van der Waals surface area contributed by atoms with E-state index in [0.29, 0.717) is 18.0 Å². The number of hydrogen-bond acceptors (Lipinski definition) is 5. The molecular formula is C23H32N4O5S. The number of nitrogens with one attached hydrogen (secondary N) is 1. The molecule has 1 N–H and O–H groups in total. The second-order valence-electron chi connectivity index (χ2n) is 7.57. The molecule has 0 unspecified atom stereocenters. The van der Waals surface area contributed by atoms with Gasteiger partial charge in [-0.15, -0.1) is 0 Å². The topological polar surface area (TPSA) is 99.3 Å². The molecule has 9 nitrogen and oxygen atoms in total. The summed E-state index contributed by atoms with van der Waals surface area (Å²) in [6.07, 6.45) is 0. The molecule has 0 bridgehead atoms. The van der Waals surface area contributed by atoms with E-state index in [9.17, 15) is 18.0 Å². The van der Waals surface area contributed by atoms with E-state index < -0.39 is 28.7 Å². The Balaban J connectivity index is 2.40. The molecule has 2 amide bonds. The predicted octanol–water partition coefficient (Wildman–Crippen LogP) is 1.86. The second kappa shape index (κ2) is 11.7. The molecule has 1 atom stereocenters. The maximum atomic E-state index is 13.5. The highest BCUT2D eigenvalue weighted by molar-refractivity contribution is 7.90. The molecule has 0 spiro atoms. The summed E-state index contributed by atoms with van der Waals surface area (Å²) in [6.45, 7) is 3.51. The summed E-state index contributed by atoms with van der Waals surface area (Å²) >= 11 is 0. The van der Waals surface area contributed by atoms with Gasteiger partial charge in [-0.2, -0.15) is 12.7 Å². The van der Waals surface area contributed by atoms with Gasteiger partial charge in [0.2, 0.25) is 11.8 Å². The first-order valence-corrected chi connectivity index (χ1v) is 12.0. The Morgan fingerprint density at radius 2 is 1.64 bits per heavy atom. The number of amides is 2. The van der Waals surface area contributed by atoms with Gasteiger partial charge in [0.25, 0.3) is 0 Å². The number of methoxy groups -OCH3 is 1. The number of rotatable bonds is 11. The molecule has 0 saturated heterocycles. The minimum Gasteiger partial charge on any atom is -0.497 e. The number of likely N-dealkylation sites (N-methyl/N-ethyl adjacent to an activating group) is 1. The zero-order chi connectivity index (χ0) is 24.6. The van der Waals surface area contributed by atoms with Crippen molar-refractivity contribution < 1.29 is 22.7 Å². The summed E-state index contributed by atoms with van der Waals surface area (Å²) in [4.78, 5) is 27.4. The van der Waals surface area contributed by atoms with Crippen molar-refractivity contribution in [2.45, 2.75) is 26.4 Å². The lowest BCUT2D eigenvalue weighted by Crippen LogP contribution is -2.52. The van der Waals surface area contributed by atoms with Gasteiger partial charge in [0.15, 0.2) is 0 Å². The molecule has 0 radical (unpaired) electrons. The van der Waals surface area contributed by atoms with Crippen LogP contribution in [0.15, 0.2) is 54.6 Å². The van der Waals surface area contributed by atoms with Crippen LogP contribution in [0.4, 0.5) is 5.69 Å². The Morgan fingerprint density at radius 3 is 2.15 bits per heavy atom. The molecule has 2 rings (SSSR count). The zero-order valence-electron chi connectivity index (χ0n) is 19.7. The Morgan fingerprint density at radius 1 is 1.03 bits per heavy atom. The van der Waals surface area contributed by atoms with Crippen molar-refractivity contribution in [3.63, 3.8) is 0 Å². The lowest BCUT2D eigenvalue weighted by Gasteiger charge is -2.32. The number of nitrogens with zero attached hydrogens (tertiary/aromatic N) is 3. The van der Waals surface area contributed by atoms with E-state index in [1.165, 1.54) is 19.0 Å². The van der Waals surface area contributed by atoms with Crippen LogP contribution in [0.2, 0.25) is 0 Å². The van der Waals surface area contributed by atoms with E-state index in [2.05, 4.69) is 5.32 Å². The lowest BCUT2D eigenvalue weighted by molar-refractivity contribution is -0.139. The van der Waals surface area contributed by atoms with Gasteiger partial charge in [-0.1, -0.05) is 30.3 Å². The van der Waals surface area contributed by atoms with Crippen LogP contribution in [-0.4, -0.2) is 69.8 Å². The summed E-state index contributed by atoms with van der Waals surface area (Å²) < 4.78 is 33.3. The number of anilines is 1. The average molecular weight is 477 g/mol. The molecule has 0 aromatic heterocycles. The van der Waals surface area contributed by atoms with Crippen LogP contribution in [-0.2, 0) is 26.3 Å². The maximum absolute atomic E-state index is 13.5. The fourth-order valence-corrected chi connectivity index (χ4v) is 4.20. The highest BCUT2D eigenvalue weighted by Gasteiger charge is 2.32. The number of hydrogen-bond donors (Lipinski definition) is 1. The van der Waals surface area contributed by atoms with Gasteiger partial charge < -0.3 is 15.0 Å². The third-order valence-corrected chi connectivity index (χ3v) is 6.91. The van der Waals surface area contributed by atoms with Crippen molar-refractivity contribution in [2.75, 3.05) is 38.6 Å². The van der Waals surface area contributed by atoms with Crippen molar-refractivity contribution in [1.82, 2.24) is 14.5 Å². The van der Waals surface area contributed by atoms with E-state index in [4.69, 9.17) is 4.74 Å². The van der Waals surface area contributed by atoms with Gasteiger partial charge in [-0.05, 0) is 43.7 Å². The number of ether oxygens (including phenoxy) is 1. The molecule has 0 aliphatic carbocycles. The van der Waals surface area contributed by atoms with Crippen LogP contribution in [0.5, 0.6) is 5.75 Å². The molecule has 0 aliphatic rings. The van der Waals surface area contributed by atoms with E-state index in [-0.39, 0.29) is 12.5 Å². The highest BCUT2D eigenvalue weighted by Crippen LogP contribution is 2.21. The van der Waals surface area contributed by atoms with E-state index in [0.717, 1.165) is 14.2 Å². The number of carbonyl (C=O) groups excluding carboxylic acids is 2. The zero-order valence-corrected chi connectivity index (χ0v) is 20.5. The smallest absolute Gasteiger partial charge is 0.304 e. The standard InChI is InChI=1S/C23H32N4O5S/c1-6-24-23(29)18(2)26(16-19-12-14-21(32-5)15-13-19)22(28)17-27(33(30,31)25(3)4)20-10-8-7-9-11-20/h7-15,18H,6,16-17H2,1-5H3,(H,24,29)/t18-/m1/s1. The summed E-state index contributed by atoms with van der Waals surface area (Å²) in [5.74, 6) is -0.152. The third kappa shape index (κ3) is 6.69. The van der Waals surface area contributed by atoms with Gasteiger partial charge in [-0.25, -0.2) is 4.31 Å². The number of para-hydroxylation sites is 1. The quantitative estimate of drug-likeness (QED) is 0.534. The van der Waals surface area contributed by atoms with Crippen molar-refractivity contribution in [2.24, 2.45) is 0 Å². The molecule has 0 saturated carbocycles. The summed E-state index contributed by atoms with van der Waals surface area (Å²) in [5.41, 5.74) is 1.14. The van der Waals surface area contributed by atoms with Crippen LogP contribution in [0.25, 0.3) is 0 Å². The van der Waals surface area contributed by atoms with Crippen LogP contribution < -0.4 is 14.4 Å². The number of carbonyl (C=O) groups is 2. The largest absolute Gasteiger partial charge is 0.497 e. The molecule has 180 valence electrons. The molecule has 33 heavy (non-hydrogen) atoms. The lowest BCUT2D eigenvalue weighted by atomic mass is 10.1. The van der Waals surface area contributed by atoms with Gasteiger partial charge in [0.1, 0.15) is 18.3 Å². The van der Waals surface area contributed by atoms with E-state index in [1.54, 1.807) is 75.6 Å². The summed E-state index contributed by atoms with van der Waals surface area (Å²) in [7, 11) is 0.414. The SMILES string of the molecule is CCNC(=O)[C@@H](C)N(Cc1ccc(OC)cc1)C(=O)CN(c1ccccc1)S(=O)(=O)N(C)C. The monoisotopic (exact) mass is 476 g/mol. The first kappa shape index (κ1) is 26.1. The van der Waals surface area contributed by atoms with Crippen LogP contribution >= 0.6 is 0 Å². The van der Waals surface area contributed by atoms with Crippen LogP contribution in [0.3, 0.4) is 0 Å². The first-order valence-electron chi connectivity index (χ1n) is 10.6. The Bertz CT molecular complexity index is 1030. The van der Waals surface area contributed by atoms with Gasteiger partial charge >= 0.3 is 10.2 Å². The fourth-order valence-electron chi connectivity index (χ4n) is 3.14. The normalized spacial score (nSPS) is 12.2. The number of benzene rings is 2. The third-order valence-electron chi connectivity index (χ3n) is 5.09. The van der Waals surface area contributed by atoms with E-state index in [1.807, 2.05) is 0 Å². The Hall–Kier alpha value is -3.11. The molecular weight excluding hydrogens is 444 g/mol. The first-order chi connectivity index (χ1) is 15.6. The summed E-state index contributed by atoms with van der Waals surface area (Å²) in [5, 5.41) is 2.73. The van der Waals surface area contributed by atoms with Gasteiger partial charge in [0, 0.05) is 27.2 Å². The van der Waals surface area contributed by atoms with Crippen LogP contribution in [0.1, 0.15) is 19.4 Å². The molecule has 0 aliphatic heterocycles. The van der Waals surface area contributed by atoms with Crippen LogP contribution in [0, 0.1) is 0 Å². The van der Waals surface area contributed by atoms with E-state index >= 15 is 0 Å². The minimum absolute atomic E-state index is 0.131. The molecule has 0 fully saturated rings. The Labute approximate surface area is 196 Å². The molecule has 2 aromatic rings. The average Bonchev–Trinajstić information content (AvgIpc) is 2.81. The fraction of sp³-hybridized carbons (Fsp3) is 0.391. The van der Waals surface area contributed by atoms with Crippen molar-refractivity contribution in [1.29, 1.82) is 0 Å². The van der Waals surface area contributed by atoms with Crippen molar-refractivity contribution in [3.8, 4) is 5.75 Å². The molecule has 2 aromatic carbocycles. The summed E-state index contributed by atoms with van der Waals surface area (Å²) in [6, 6.07) is 14.7. The molecule has 0 heterocycles. The Kier molecular flexibility index (Phi) is 9.24. The highest BCUT2D eigenvalue weighted by atomic mass is 32.2. The van der Waals surface area contributed by atoms with Gasteiger partial charge in [0.05, 0.1) is 12.8 Å². The second-order valence-corrected chi connectivity index (χ2v) is 9.64. The minimum atomic E-state index is -3.96.